The molecule has 1 amide bonds. The van der Waals surface area contributed by atoms with Gasteiger partial charge in [-0.25, -0.2) is 4.98 Å². The molecule has 2 N–H and O–H groups in total. The van der Waals surface area contributed by atoms with Gasteiger partial charge in [-0.05, 0) is 18.2 Å². The van der Waals surface area contributed by atoms with Crippen molar-refractivity contribution >= 4 is 33.4 Å². The molecule has 2 aromatic carbocycles. The van der Waals surface area contributed by atoms with Crippen molar-refractivity contribution in [2.24, 2.45) is 10.2 Å². The molecule has 30 heavy (non-hydrogen) atoms. The zero-order chi connectivity index (χ0) is 20.5. The van der Waals surface area contributed by atoms with Crippen molar-refractivity contribution in [3.8, 4) is 5.88 Å². The van der Waals surface area contributed by atoms with Crippen molar-refractivity contribution in [3.63, 3.8) is 0 Å². The Morgan fingerprint density at radius 2 is 1.80 bits per heavy atom. The van der Waals surface area contributed by atoms with Gasteiger partial charge >= 0.3 is 5.91 Å². The number of carbonyl (C=O) groups excluding carboxylic acids is 1. The Kier molecular flexibility index (Phi) is 4.72. The molecule has 1 aliphatic rings. The molecule has 0 unspecified atom stereocenters. The summed E-state index contributed by atoms with van der Waals surface area (Å²) in [5, 5.41) is 20.6. The largest absolute Gasteiger partial charge is 0.493 e. The van der Waals surface area contributed by atoms with Crippen LogP contribution in [0.3, 0.4) is 0 Å². The van der Waals surface area contributed by atoms with E-state index in [-0.39, 0.29) is 11.6 Å². The molecular formula is C23H22N5O2+. The Bertz CT molecular complexity index is 1270. The van der Waals surface area contributed by atoms with E-state index in [1.54, 1.807) is 6.07 Å². The number of para-hydroxylation sites is 2. The monoisotopic (exact) mass is 400 g/mol. The van der Waals surface area contributed by atoms with Gasteiger partial charge in [-0.3, -0.25) is 9.36 Å². The predicted molar refractivity (Wildman–Crippen MR) is 114 cm³/mol. The lowest BCUT2D eigenvalue weighted by atomic mass is 10.2. The predicted octanol–water partition coefficient (Wildman–Crippen LogP) is 3.46. The van der Waals surface area contributed by atoms with E-state index in [9.17, 15) is 9.90 Å². The van der Waals surface area contributed by atoms with Crippen LogP contribution in [0.2, 0.25) is 0 Å². The van der Waals surface area contributed by atoms with Gasteiger partial charge in [0, 0.05) is 23.6 Å². The molecule has 3 heterocycles. The molecule has 2 aromatic heterocycles. The molecule has 5 rings (SSSR count). The molecule has 0 bridgehead atoms. The summed E-state index contributed by atoms with van der Waals surface area (Å²) in [6.07, 6.45) is 2.41. The van der Waals surface area contributed by atoms with Gasteiger partial charge in [0.2, 0.25) is 5.88 Å². The average molecular weight is 400 g/mol. The number of aromatic hydroxyl groups is 1. The van der Waals surface area contributed by atoms with E-state index in [1.165, 1.54) is 17.7 Å². The van der Waals surface area contributed by atoms with Gasteiger partial charge in [-0.2, -0.15) is 0 Å². The topological polar surface area (TPSA) is 84.3 Å². The third kappa shape index (κ3) is 3.33. The van der Waals surface area contributed by atoms with Crippen LogP contribution in [-0.4, -0.2) is 33.7 Å². The quantitative estimate of drug-likeness (QED) is 0.515. The number of likely N-dealkylation sites (tertiary alicyclic amines) is 1. The molecule has 1 saturated heterocycles. The molecule has 1 fully saturated rings. The summed E-state index contributed by atoms with van der Waals surface area (Å²) in [5.74, 6) is -0.499. The van der Waals surface area contributed by atoms with Crippen LogP contribution >= 0.6 is 0 Å². The smallest absolute Gasteiger partial charge is 0.313 e. The number of aromatic nitrogens is 2. The number of hydrogen-bond donors (Lipinski definition) is 2. The van der Waals surface area contributed by atoms with Crippen molar-refractivity contribution in [1.29, 1.82) is 0 Å². The Labute approximate surface area is 173 Å². The standard InChI is InChI=1S/C23H21N5O2/c29-22(19-12-11-16-7-1-3-9-18(16)24-19)26-25-21-17-8-2-4-10-20(17)28(23(21)30)15-27-13-5-6-14-27/h1-4,7-12,30H,5-6,13-15H2/p+1. The fourth-order valence-electron chi connectivity index (χ4n) is 4.12. The Morgan fingerprint density at radius 1 is 1.03 bits per heavy atom. The molecule has 150 valence electrons. The third-order valence-electron chi connectivity index (χ3n) is 5.67. The minimum atomic E-state index is -0.540. The number of amides is 1. The summed E-state index contributed by atoms with van der Waals surface area (Å²) in [7, 11) is 0. The van der Waals surface area contributed by atoms with Crippen molar-refractivity contribution in [1.82, 2.24) is 9.55 Å². The van der Waals surface area contributed by atoms with Gasteiger partial charge in [0.25, 0.3) is 0 Å². The van der Waals surface area contributed by atoms with Crippen LogP contribution < -0.4 is 4.90 Å². The summed E-state index contributed by atoms with van der Waals surface area (Å²) in [5.41, 5.74) is 2.16. The Balaban J connectivity index is 1.48. The number of fused-ring (bicyclic) bond motifs is 2. The van der Waals surface area contributed by atoms with E-state index in [4.69, 9.17) is 0 Å². The van der Waals surface area contributed by atoms with Crippen molar-refractivity contribution < 1.29 is 14.8 Å². The molecule has 7 heteroatoms. The maximum Gasteiger partial charge on any atom is 0.313 e. The first-order valence-electron chi connectivity index (χ1n) is 10.2. The fraction of sp³-hybridized carbons (Fsp3) is 0.217. The highest BCUT2D eigenvalue weighted by atomic mass is 16.3. The molecule has 0 saturated carbocycles. The number of nitrogens with one attached hydrogen (secondary N) is 1. The van der Waals surface area contributed by atoms with E-state index >= 15 is 0 Å². The number of quaternary nitrogens is 1. The second-order valence-electron chi connectivity index (χ2n) is 7.63. The number of azo groups is 1. The number of carbonyl (C=O) groups is 1. The Hall–Kier alpha value is -3.58. The van der Waals surface area contributed by atoms with Crippen molar-refractivity contribution in [2.45, 2.75) is 19.5 Å². The summed E-state index contributed by atoms with van der Waals surface area (Å²) < 4.78 is 1.86. The lowest BCUT2D eigenvalue weighted by molar-refractivity contribution is -0.910. The van der Waals surface area contributed by atoms with Crippen LogP contribution in [0.25, 0.3) is 21.8 Å². The summed E-state index contributed by atoms with van der Waals surface area (Å²) >= 11 is 0. The van der Waals surface area contributed by atoms with Crippen LogP contribution in [0.1, 0.15) is 23.3 Å². The molecule has 7 nitrogen and oxygen atoms in total. The minimum Gasteiger partial charge on any atom is -0.493 e. The summed E-state index contributed by atoms with van der Waals surface area (Å²) in [4.78, 5) is 18.4. The third-order valence-corrected chi connectivity index (χ3v) is 5.67. The molecule has 4 aromatic rings. The number of rotatable bonds is 4. The van der Waals surface area contributed by atoms with Crippen LogP contribution in [0.4, 0.5) is 5.69 Å². The van der Waals surface area contributed by atoms with Crippen LogP contribution in [0.5, 0.6) is 5.88 Å². The lowest BCUT2D eigenvalue weighted by Gasteiger charge is -2.14. The molecule has 1 aliphatic heterocycles. The maximum absolute atomic E-state index is 12.6. The van der Waals surface area contributed by atoms with Crippen LogP contribution in [0.15, 0.2) is 70.9 Å². The number of pyridine rings is 1. The van der Waals surface area contributed by atoms with Gasteiger partial charge in [0.15, 0.2) is 12.4 Å². The van der Waals surface area contributed by atoms with E-state index in [1.807, 2.05) is 59.2 Å². The Morgan fingerprint density at radius 3 is 2.67 bits per heavy atom. The van der Waals surface area contributed by atoms with Crippen LogP contribution in [0, 0.1) is 0 Å². The second kappa shape index (κ2) is 7.68. The number of nitrogens with zero attached hydrogens (tertiary/aromatic N) is 4. The van der Waals surface area contributed by atoms with Crippen molar-refractivity contribution in [2.75, 3.05) is 13.1 Å². The zero-order valence-electron chi connectivity index (χ0n) is 16.5. The first-order chi connectivity index (χ1) is 14.7. The highest BCUT2D eigenvalue weighted by Gasteiger charge is 2.22. The van der Waals surface area contributed by atoms with Gasteiger partial charge < -0.3 is 10.0 Å². The van der Waals surface area contributed by atoms with E-state index in [0.29, 0.717) is 12.4 Å². The molecule has 0 aliphatic carbocycles. The zero-order valence-corrected chi connectivity index (χ0v) is 16.5. The SMILES string of the molecule is O=C(N=Nc1c(O)n(C[NH+]2CCCC2)c2ccccc12)c1ccc2ccccc2n1. The van der Waals surface area contributed by atoms with E-state index < -0.39 is 5.91 Å². The van der Waals surface area contributed by atoms with E-state index in [0.717, 1.165) is 34.9 Å². The normalized spacial score (nSPS) is 14.9. The van der Waals surface area contributed by atoms with Gasteiger partial charge in [-0.15, -0.1) is 10.2 Å². The first kappa shape index (κ1) is 18.4. The van der Waals surface area contributed by atoms with Gasteiger partial charge in [-0.1, -0.05) is 42.5 Å². The number of hydrogen-bond acceptors (Lipinski definition) is 4. The van der Waals surface area contributed by atoms with Gasteiger partial charge in [0.1, 0.15) is 5.69 Å². The summed E-state index contributed by atoms with van der Waals surface area (Å²) in [6.45, 7) is 2.85. The molecular weight excluding hydrogens is 378 g/mol. The second-order valence-corrected chi connectivity index (χ2v) is 7.63. The lowest BCUT2D eigenvalue weighted by Crippen LogP contribution is -3.09. The molecule has 0 spiro atoms. The maximum atomic E-state index is 12.6. The average Bonchev–Trinajstić information content (AvgIpc) is 3.39. The first-order valence-corrected chi connectivity index (χ1v) is 10.2. The molecule has 0 atom stereocenters. The highest BCUT2D eigenvalue weighted by Crippen LogP contribution is 2.38. The minimum absolute atomic E-state index is 0.0404. The number of benzene rings is 2. The van der Waals surface area contributed by atoms with Crippen molar-refractivity contribution in [3.05, 3.63) is 66.4 Å². The van der Waals surface area contributed by atoms with Gasteiger partial charge in [0.05, 0.1) is 24.1 Å². The highest BCUT2D eigenvalue weighted by molar-refractivity contribution is 5.97. The van der Waals surface area contributed by atoms with Crippen LogP contribution in [-0.2, 0) is 6.67 Å². The van der Waals surface area contributed by atoms with E-state index in [2.05, 4.69) is 15.2 Å². The summed E-state index contributed by atoms with van der Waals surface area (Å²) in [6, 6.07) is 18.7. The molecule has 0 radical (unpaired) electrons. The fourth-order valence-corrected chi connectivity index (χ4v) is 4.12.